The van der Waals surface area contributed by atoms with Crippen molar-refractivity contribution in [2.45, 2.75) is 52.9 Å². The lowest BCUT2D eigenvalue weighted by molar-refractivity contribution is 0.0745. The number of nitrogens with zero attached hydrogens (tertiary/aromatic N) is 2. The minimum atomic E-state index is -0.0555. The van der Waals surface area contributed by atoms with Gasteiger partial charge in [0.2, 0.25) is 0 Å². The topological polar surface area (TPSA) is 46.3 Å². The number of carbonyl (C=O) groups excluding carboxylic acids is 1. The smallest absolute Gasteiger partial charge is 0.276 e. The highest BCUT2D eigenvalue weighted by Crippen LogP contribution is 2.26. The third kappa shape index (κ3) is 4.25. The zero-order chi connectivity index (χ0) is 17.7. The van der Waals surface area contributed by atoms with Crippen molar-refractivity contribution in [3.63, 3.8) is 0 Å². The molecule has 0 saturated carbocycles. The van der Waals surface area contributed by atoms with Crippen molar-refractivity contribution in [2.24, 2.45) is 0 Å². The molecule has 0 fully saturated rings. The van der Waals surface area contributed by atoms with E-state index in [2.05, 4.69) is 51.9 Å². The van der Waals surface area contributed by atoms with E-state index in [9.17, 15) is 4.79 Å². The molecule has 2 rings (SSSR count). The van der Waals surface area contributed by atoms with Gasteiger partial charge in [-0.3, -0.25) is 4.79 Å². The standard InChI is InChI=1S/C20H28N2O2/c1-6-12-22(13-7-2)19(23)17-14-18(24-21-17)15-8-10-16(11-9-15)20(3,4)5/h8-11,14H,6-7,12-13H2,1-5H3. The quantitative estimate of drug-likeness (QED) is 0.757. The lowest BCUT2D eigenvalue weighted by Crippen LogP contribution is -2.32. The van der Waals surface area contributed by atoms with E-state index in [1.807, 2.05) is 17.0 Å². The van der Waals surface area contributed by atoms with Crippen LogP contribution < -0.4 is 0 Å². The fourth-order valence-corrected chi connectivity index (χ4v) is 2.66. The van der Waals surface area contributed by atoms with Crippen LogP contribution in [0.3, 0.4) is 0 Å². The van der Waals surface area contributed by atoms with E-state index >= 15 is 0 Å². The number of hydrogen-bond acceptors (Lipinski definition) is 3. The molecule has 0 aliphatic rings. The van der Waals surface area contributed by atoms with Crippen LogP contribution in [0.4, 0.5) is 0 Å². The van der Waals surface area contributed by atoms with Crippen LogP contribution in [0.2, 0.25) is 0 Å². The highest BCUT2D eigenvalue weighted by atomic mass is 16.5. The van der Waals surface area contributed by atoms with Gasteiger partial charge in [0.25, 0.3) is 5.91 Å². The molecule has 0 unspecified atom stereocenters. The Labute approximate surface area is 144 Å². The van der Waals surface area contributed by atoms with E-state index in [0.717, 1.165) is 31.5 Å². The van der Waals surface area contributed by atoms with E-state index in [0.29, 0.717) is 11.5 Å². The molecule has 0 aliphatic heterocycles. The second kappa shape index (κ2) is 7.65. The zero-order valence-electron chi connectivity index (χ0n) is 15.4. The van der Waals surface area contributed by atoms with Crippen LogP contribution >= 0.6 is 0 Å². The number of benzene rings is 1. The van der Waals surface area contributed by atoms with Gasteiger partial charge in [0.05, 0.1) is 0 Å². The Hall–Kier alpha value is -2.10. The first-order chi connectivity index (χ1) is 11.4. The van der Waals surface area contributed by atoms with Crippen LogP contribution in [0.5, 0.6) is 0 Å². The summed E-state index contributed by atoms with van der Waals surface area (Å²) in [7, 11) is 0. The Morgan fingerprint density at radius 3 is 2.17 bits per heavy atom. The molecule has 0 radical (unpaired) electrons. The van der Waals surface area contributed by atoms with Gasteiger partial charge in [0.15, 0.2) is 11.5 Å². The first-order valence-corrected chi connectivity index (χ1v) is 8.73. The number of amides is 1. The van der Waals surface area contributed by atoms with Gasteiger partial charge in [0, 0.05) is 24.7 Å². The molecule has 24 heavy (non-hydrogen) atoms. The monoisotopic (exact) mass is 328 g/mol. The van der Waals surface area contributed by atoms with Crippen molar-refractivity contribution < 1.29 is 9.32 Å². The van der Waals surface area contributed by atoms with Gasteiger partial charge < -0.3 is 9.42 Å². The molecule has 1 aromatic heterocycles. The maximum absolute atomic E-state index is 12.6. The van der Waals surface area contributed by atoms with E-state index in [1.165, 1.54) is 5.56 Å². The molecule has 130 valence electrons. The molecule has 0 N–H and O–H groups in total. The Kier molecular flexibility index (Phi) is 5.81. The third-order valence-electron chi connectivity index (χ3n) is 4.04. The minimum Gasteiger partial charge on any atom is -0.355 e. The highest BCUT2D eigenvalue weighted by Gasteiger charge is 2.20. The van der Waals surface area contributed by atoms with Gasteiger partial charge >= 0.3 is 0 Å². The van der Waals surface area contributed by atoms with Crippen LogP contribution in [0.25, 0.3) is 11.3 Å². The number of carbonyl (C=O) groups is 1. The van der Waals surface area contributed by atoms with Crippen LogP contribution in [0.1, 0.15) is 63.5 Å². The average molecular weight is 328 g/mol. The van der Waals surface area contributed by atoms with Crippen molar-refractivity contribution in [3.8, 4) is 11.3 Å². The van der Waals surface area contributed by atoms with E-state index in [4.69, 9.17) is 4.52 Å². The van der Waals surface area contributed by atoms with Crippen LogP contribution in [-0.2, 0) is 5.41 Å². The molecule has 2 aromatic rings. The average Bonchev–Trinajstić information content (AvgIpc) is 3.03. The molecule has 0 saturated heterocycles. The Bertz CT molecular complexity index is 660. The van der Waals surface area contributed by atoms with Crippen LogP contribution in [-0.4, -0.2) is 29.1 Å². The normalized spacial score (nSPS) is 11.5. The first-order valence-electron chi connectivity index (χ1n) is 8.73. The summed E-state index contributed by atoms with van der Waals surface area (Å²) in [6.45, 7) is 12.2. The summed E-state index contributed by atoms with van der Waals surface area (Å²) >= 11 is 0. The molecule has 4 heteroatoms. The molecule has 0 spiro atoms. The molecular formula is C20H28N2O2. The summed E-state index contributed by atoms with van der Waals surface area (Å²) in [4.78, 5) is 14.4. The maximum Gasteiger partial charge on any atom is 0.276 e. The molecular weight excluding hydrogens is 300 g/mol. The summed E-state index contributed by atoms with van der Waals surface area (Å²) in [6.07, 6.45) is 1.87. The number of aromatic nitrogens is 1. The van der Waals surface area contributed by atoms with Gasteiger partial charge in [-0.2, -0.15) is 0 Å². The predicted octanol–water partition coefficient (Wildman–Crippen LogP) is 4.90. The van der Waals surface area contributed by atoms with Crippen molar-refractivity contribution in [3.05, 3.63) is 41.6 Å². The molecule has 0 atom stereocenters. The first kappa shape index (κ1) is 18.2. The predicted molar refractivity (Wildman–Crippen MR) is 97.1 cm³/mol. The third-order valence-corrected chi connectivity index (χ3v) is 4.04. The fraction of sp³-hybridized carbons (Fsp3) is 0.500. The molecule has 4 nitrogen and oxygen atoms in total. The summed E-state index contributed by atoms with van der Waals surface area (Å²) in [6, 6.07) is 9.97. The molecule has 1 heterocycles. The minimum absolute atomic E-state index is 0.0555. The lowest BCUT2D eigenvalue weighted by atomic mass is 9.86. The van der Waals surface area contributed by atoms with Gasteiger partial charge in [-0.25, -0.2) is 0 Å². The van der Waals surface area contributed by atoms with Gasteiger partial charge in [-0.05, 0) is 23.8 Å². The lowest BCUT2D eigenvalue weighted by Gasteiger charge is -2.19. The van der Waals surface area contributed by atoms with Crippen LogP contribution in [0.15, 0.2) is 34.9 Å². The van der Waals surface area contributed by atoms with Crippen molar-refractivity contribution in [1.82, 2.24) is 10.1 Å². The van der Waals surface area contributed by atoms with Crippen molar-refractivity contribution in [1.29, 1.82) is 0 Å². The zero-order valence-corrected chi connectivity index (χ0v) is 15.4. The fourth-order valence-electron chi connectivity index (χ4n) is 2.66. The number of rotatable bonds is 6. The van der Waals surface area contributed by atoms with Gasteiger partial charge in [-0.1, -0.05) is 64.0 Å². The Morgan fingerprint density at radius 2 is 1.67 bits per heavy atom. The number of hydrogen-bond donors (Lipinski definition) is 0. The van der Waals surface area contributed by atoms with Crippen LogP contribution in [0, 0.1) is 0 Å². The maximum atomic E-state index is 12.6. The Balaban J connectivity index is 2.19. The van der Waals surface area contributed by atoms with Crippen molar-refractivity contribution in [2.75, 3.05) is 13.1 Å². The van der Waals surface area contributed by atoms with Gasteiger partial charge in [-0.15, -0.1) is 0 Å². The second-order valence-corrected chi connectivity index (χ2v) is 7.20. The summed E-state index contributed by atoms with van der Waals surface area (Å²) in [5, 5.41) is 3.98. The van der Waals surface area contributed by atoms with E-state index in [1.54, 1.807) is 6.07 Å². The summed E-state index contributed by atoms with van der Waals surface area (Å²) in [5.41, 5.74) is 2.69. The van der Waals surface area contributed by atoms with Crippen molar-refractivity contribution >= 4 is 5.91 Å². The summed E-state index contributed by atoms with van der Waals surface area (Å²) < 4.78 is 5.41. The molecule has 0 aliphatic carbocycles. The van der Waals surface area contributed by atoms with Gasteiger partial charge in [0.1, 0.15) is 0 Å². The van der Waals surface area contributed by atoms with E-state index in [-0.39, 0.29) is 11.3 Å². The largest absolute Gasteiger partial charge is 0.355 e. The Morgan fingerprint density at radius 1 is 1.08 bits per heavy atom. The molecule has 1 aromatic carbocycles. The SMILES string of the molecule is CCCN(CCC)C(=O)c1cc(-c2ccc(C(C)(C)C)cc2)on1. The second-order valence-electron chi connectivity index (χ2n) is 7.20. The highest BCUT2D eigenvalue weighted by molar-refractivity contribution is 5.93. The summed E-state index contributed by atoms with van der Waals surface area (Å²) in [5.74, 6) is 0.576. The molecule has 1 amide bonds. The molecule has 0 bridgehead atoms. The van der Waals surface area contributed by atoms with E-state index < -0.39 is 0 Å².